The summed E-state index contributed by atoms with van der Waals surface area (Å²) in [5.74, 6) is 1.93. The number of amides is 1. The monoisotopic (exact) mass is 327 g/mol. The zero-order chi connectivity index (χ0) is 17.1. The Balaban J connectivity index is 1.52. The van der Waals surface area contributed by atoms with Crippen molar-refractivity contribution in [2.24, 2.45) is 17.8 Å². The first kappa shape index (κ1) is 16.7. The zero-order valence-electron chi connectivity index (χ0n) is 14.3. The van der Waals surface area contributed by atoms with Crippen molar-refractivity contribution in [2.45, 2.75) is 38.6 Å². The standard InChI is InChI=1S/C20H25NO3/c1-13(18-12-15-5-9-17(18)11-15)21-19(22)10-6-14-3-7-16(8-4-14)20(23)24-2/h3-4,6-8,10,13,15,17-18H,5,9,11-12H2,1-2H3,(H,21,22)/b10-6+. The van der Waals surface area contributed by atoms with E-state index in [0.717, 1.165) is 17.4 Å². The molecule has 0 saturated heterocycles. The topological polar surface area (TPSA) is 55.4 Å². The quantitative estimate of drug-likeness (QED) is 0.666. The molecular formula is C20H25NO3. The average Bonchev–Trinajstić information content (AvgIpc) is 3.23. The van der Waals surface area contributed by atoms with Crippen LogP contribution in [0.5, 0.6) is 0 Å². The van der Waals surface area contributed by atoms with E-state index in [9.17, 15) is 9.59 Å². The summed E-state index contributed by atoms with van der Waals surface area (Å²) < 4.78 is 4.67. The van der Waals surface area contributed by atoms with Crippen LogP contribution in [0.2, 0.25) is 0 Å². The number of carbonyl (C=O) groups excluding carboxylic acids is 2. The fourth-order valence-electron chi connectivity index (χ4n) is 4.31. The first-order chi connectivity index (χ1) is 11.6. The number of methoxy groups -OCH3 is 1. The van der Waals surface area contributed by atoms with Crippen LogP contribution in [0.25, 0.3) is 6.08 Å². The lowest BCUT2D eigenvalue weighted by molar-refractivity contribution is -0.117. The second kappa shape index (κ2) is 7.20. The van der Waals surface area contributed by atoms with Crippen LogP contribution in [-0.2, 0) is 9.53 Å². The largest absolute Gasteiger partial charge is 0.465 e. The van der Waals surface area contributed by atoms with Gasteiger partial charge < -0.3 is 10.1 Å². The Morgan fingerprint density at radius 1 is 1.21 bits per heavy atom. The van der Waals surface area contributed by atoms with Crippen molar-refractivity contribution >= 4 is 18.0 Å². The average molecular weight is 327 g/mol. The third kappa shape index (κ3) is 3.69. The van der Waals surface area contributed by atoms with Crippen molar-refractivity contribution in [3.05, 3.63) is 41.5 Å². The summed E-state index contributed by atoms with van der Waals surface area (Å²) in [7, 11) is 1.36. The van der Waals surface area contributed by atoms with Gasteiger partial charge in [0.1, 0.15) is 0 Å². The van der Waals surface area contributed by atoms with E-state index in [1.54, 1.807) is 36.4 Å². The Morgan fingerprint density at radius 3 is 2.54 bits per heavy atom. The van der Waals surface area contributed by atoms with E-state index in [1.165, 1.54) is 32.8 Å². The van der Waals surface area contributed by atoms with E-state index in [1.807, 2.05) is 0 Å². The Hall–Kier alpha value is -2.10. The molecule has 0 heterocycles. The van der Waals surface area contributed by atoms with Crippen molar-refractivity contribution in [1.82, 2.24) is 5.32 Å². The van der Waals surface area contributed by atoms with Crippen LogP contribution in [0, 0.1) is 17.8 Å². The molecule has 1 amide bonds. The van der Waals surface area contributed by atoms with E-state index >= 15 is 0 Å². The second-order valence-electron chi connectivity index (χ2n) is 7.08. The molecule has 0 spiro atoms. The molecule has 0 aromatic heterocycles. The zero-order valence-corrected chi connectivity index (χ0v) is 14.3. The van der Waals surface area contributed by atoms with Crippen LogP contribution in [0.3, 0.4) is 0 Å². The molecule has 2 saturated carbocycles. The van der Waals surface area contributed by atoms with Gasteiger partial charge >= 0.3 is 5.97 Å². The number of fused-ring (bicyclic) bond motifs is 2. The maximum absolute atomic E-state index is 12.1. The minimum absolute atomic E-state index is 0.0534. The minimum Gasteiger partial charge on any atom is -0.465 e. The fraction of sp³-hybridized carbons (Fsp3) is 0.500. The summed E-state index contributed by atoms with van der Waals surface area (Å²) in [4.78, 5) is 23.5. The third-order valence-corrected chi connectivity index (χ3v) is 5.56. The molecule has 128 valence electrons. The van der Waals surface area contributed by atoms with Crippen LogP contribution >= 0.6 is 0 Å². The maximum Gasteiger partial charge on any atom is 0.337 e. The number of esters is 1. The molecule has 4 nitrogen and oxygen atoms in total. The summed E-state index contributed by atoms with van der Waals surface area (Å²) in [6.07, 6.45) is 8.67. The summed E-state index contributed by atoms with van der Waals surface area (Å²) in [6, 6.07) is 7.23. The number of carbonyl (C=O) groups is 2. The van der Waals surface area contributed by atoms with E-state index < -0.39 is 0 Å². The van der Waals surface area contributed by atoms with Gasteiger partial charge in [0, 0.05) is 12.1 Å². The fourth-order valence-corrected chi connectivity index (χ4v) is 4.31. The highest BCUT2D eigenvalue weighted by molar-refractivity contribution is 5.92. The SMILES string of the molecule is COC(=O)c1ccc(/C=C/C(=O)NC(C)C2CC3CCC2C3)cc1. The predicted octanol–water partition coefficient (Wildman–Crippen LogP) is 3.43. The maximum atomic E-state index is 12.1. The molecule has 2 aliphatic rings. The van der Waals surface area contributed by atoms with E-state index in [-0.39, 0.29) is 17.9 Å². The van der Waals surface area contributed by atoms with Gasteiger partial charge in [-0.2, -0.15) is 0 Å². The van der Waals surface area contributed by atoms with Gasteiger partial charge in [0.15, 0.2) is 0 Å². The molecule has 4 atom stereocenters. The number of hydrogen-bond donors (Lipinski definition) is 1. The Kier molecular flexibility index (Phi) is 5.03. The molecule has 1 N–H and O–H groups in total. The lowest BCUT2D eigenvalue weighted by atomic mass is 9.84. The van der Waals surface area contributed by atoms with Gasteiger partial charge in [0.05, 0.1) is 12.7 Å². The molecular weight excluding hydrogens is 302 g/mol. The first-order valence-electron chi connectivity index (χ1n) is 8.73. The molecule has 24 heavy (non-hydrogen) atoms. The van der Waals surface area contributed by atoms with Gasteiger partial charge in [0.25, 0.3) is 0 Å². The Labute approximate surface area is 143 Å². The van der Waals surface area contributed by atoms with Gasteiger partial charge in [0.2, 0.25) is 5.91 Å². The van der Waals surface area contributed by atoms with E-state index in [2.05, 4.69) is 17.0 Å². The van der Waals surface area contributed by atoms with Gasteiger partial charge in [-0.05, 0) is 67.7 Å². The number of rotatable bonds is 5. The first-order valence-corrected chi connectivity index (χ1v) is 8.73. The van der Waals surface area contributed by atoms with Crippen LogP contribution in [0.15, 0.2) is 30.3 Å². The van der Waals surface area contributed by atoms with Crippen LogP contribution in [-0.4, -0.2) is 25.0 Å². The molecule has 0 aliphatic heterocycles. The Morgan fingerprint density at radius 2 is 1.96 bits per heavy atom. The lowest BCUT2D eigenvalue weighted by Crippen LogP contribution is -2.39. The molecule has 0 radical (unpaired) electrons. The van der Waals surface area contributed by atoms with Crippen molar-refractivity contribution in [2.75, 3.05) is 7.11 Å². The molecule has 1 aromatic carbocycles. The summed E-state index contributed by atoms with van der Waals surface area (Å²) in [6.45, 7) is 2.13. The number of benzene rings is 1. The molecule has 2 bridgehead atoms. The molecule has 2 aliphatic carbocycles. The number of hydrogen-bond acceptors (Lipinski definition) is 3. The Bertz CT molecular complexity index is 635. The number of nitrogens with one attached hydrogen (secondary N) is 1. The van der Waals surface area contributed by atoms with Crippen molar-refractivity contribution in [1.29, 1.82) is 0 Å². The molecule has 4 heteroatoms. The lowest BCUT2D eigenvalue weighted by Gasteiger charge is -2.28. The number of ether oxygens (including phenoxy) is 1. The minimum atomic E-state index is -0.358. The van der Waals surface area contributed by atoms with Gasteiger partial charge in [-0.15, -0.1) is 0 Å². The molecule has 3 rings (SSSR count). The molecule has 2 fully saturated rings. The summed E-state index contributed by atoms with van der Waals surface area (Å²) >= 11 is 0. The van der Waals surface area contributed by atoms with Crippen LogP contribution < -0.4 is 5.32 Å². The molecule has 4 unspecified atom stereocenters. The van der Waals surface area contributed by atoms with Gasteiger partial charge in [-0.25, -0.2) is 4.79 Å². The van der Waals surface area contributed by atoms with Crippen LogP contribution in [0.1, 0.15) is 48.5 Å². The normalized spacial score (nSPS) is 26.5. The second-order valence-corrected chi connectivity index (χ2v) is 7.08. The highest BCUT2D eigenvalue weighted by Gasteiger charge is 2.41. The highest BCUT2D eigenvalue weighted by Crippen LogP contribution is 2.49. The third-order valence-electron chi connectivity index (χ3n) is 5.56. The van der Waals surface area contributed by atoms with E-state index in [4.69, 9.17) is 0 Å². The van der Waals surface area contributed by atoms with Gasteiger partial charge in [-0.1, -0.05) is 18.6 Å². The van der Waals surface area contributed by atoms with Crippen LogP contribution in [0.4, 0.5) is 0 Å². The summed E-state index contributed by atoms with van der Waals surface area (Å²) in [5.41, 5.74) is 1.38. The van der Waals surface area contributed by atoms with Crippen molar-refractivity contribution in [3.8, 4) is 0 Å². The smallest absolute Gasteiger partial charge is 0.337 e. The van der Waals surface area contributed by atoms with Crippen molar-refractivity contribution < 1.29 is 14.3 Å². The van der Waals surface area contributed by atoms with E-state index in [0.29, 0.717) is 11.5 Å². The molecule has 1 aromatic rings. The predicted molar refractivity (Wildman–Crippen MR) is 93.4 cm³/mol. The summed E-state index contributed by atoms with van der Waals surface area (Å²) in [5, 5.41) is 3.12. The van der Waals surface area contributed by atoms with Gasteiger partial charge in [-0.3, -0.25) is 4.79 Å². The van der Waals surface area contributed by atoms with Crippen molar-refractivity contribution in [3.63, 3.8) is 0 Å². The highest BCUT2D eigenvalue weighted by atomic mass is 16.5.